The Hall–Kier alpha value is -3.21. The number of fused-ring (bicyclic) bond motifs is 1. The lowest BCUT2D eigenvalue weighted by Crippen LogP contribution is -2.45. The maximum Gasteiger partial charge on any atom is 0.206 e. The SMILES string of the molecule is C=C/C(=C\C=C(/C)c1ccc(F)cc1)C(C)=NC1=C(C)N2CC(C)(C)N=C2N(CC)C1=CC. The molecular weight excluding hydrogens is 411 g/mol. The summed E-state index contributed by atoms with van der Waals surface area (Å²) in [6.45, 7) is 20.3. The van der Waals surface area contributed by atoms with Gasteiger partial charge in [0.15, 0.2) is 0 Å². The van der Waals surface area contributed by atoms with E-state index in [2.05, 4.69) is 50.1 Å². The molecule has 0 radical (unpaired) electrons. The van der Waals surface area contributed by atoms with Gasteiger partial charge in [0, 0.05) is 18.0 Å². The Morgan fingerprint density at radius 3 is 2.45 bits per heavy atom. The Balaban J connectivity index is 2.00. The van der Waals surface area contributed by atoms with Gasteiger partial charge in [0.1, 0.15) is 11.5 Å². The minimum Gasteiger partial charge on any atom is -0.312 e. The molecule has 1 aromatic rings. The quantitative estimate of drug-likeness (QED) is 0.359. The number of allylic oxidation sites excluding steroid dienone is 7. The van der Waals surface area contributed by atoms with Crippen molar-refractivity contribution in [3.05, 3.63) is 89.2 Å². The van der Waals surface area contributed by atoms with Crippen molar-refractivity contribution in [2.75, 3.05) is 13.1 Å². The number of halogens is 1. The van der Waals surface area contributed by atoms with Crippen LogP contribution in [0, 0.1) is 5.82 Å². The van der Waals surface area contributed by atoms with Gasteiger partial charge in [-0.1, -0.05) is 43.0 Å². The smallest absolute Gasteiger partial charge is 0.206 e. The normalized spacial score (nSPS) is 20.4. The summed E-state index contributed by atoms with van der Waals surface area (Å²) < 4.78 is 13.2. The summed E-state index contributed by atoms with van der Waals surface area (Å²) in [5.74, 6) is 0.769. The maximum atomic E-state index is 13.2. The van der Waals surface area contributed by atoms with Gasteiger partial charge in [-0.05, 0) is 77.3 Å². The van der Waals surface area contributed by atoms with Crippen LogP contribution >= 0.6 is 0 Å². The summed E-state index contributed by atoms with van der Waals surface area (Å²) in [5.41, 5.74) is 6.86. The van der Waals surface area contributed by atoms with Crippen LogP contribution in [0.3, 0.4) is 0 Å². The molecule has 0 unspecified atom stereocenters. The predicted octanol–water partition coefficient (Wildman–Crippen LogP) is 6.72. The van der Waals surface area contributed by atoms with E-state index >= 15 is 0 Å². The zero-order chi connectivity index (χ0) is 24.3. The summed E-state index contributed by atoms with van der Waals surface area (Å²) in [5, 5.41) is 0. The third-order valence-electron chi connectivity index (χ3n) is 6.03. The number of likely N-dealkylation sites (N-methyl/N-ethyl adjacent to an activating group) is 1. The molecule has 174 valence electrons. The molecule has 0 fully saturated rings. The topological polar surface area (TPSA) is 31.2 Å². The molecule has 0 atom stereocenters. The van der Waals surface area contributed by atoms with Gasteiger partial charge in [-0.15, -0.1) is 0 Å². The lowest BCUT2D eigenvalue weighted by molar-refractivity contribution is 0.380. The minimum absolute atomic E-state index is 0.133. The maximum absolute atomic E-state index is 13.2. The summed E-state index contributed by atoms with van der Waals surface area (Å²) >= 11 is 0. The van der Waals surface area contributed by atoms with Gasteiger partial charge < -0.3 is 9.80 Å². The monoisotopic (exact) mass is 446 g/mol. The van der Waals surface area contributed by atoms with Crippen LogP contribution in [0.15, 0.2) is 87.8 Å². The number of hydrogen-bond acceptors (Lipinski definition) is 4. The van der Waals surface area contributed by atoms with Gasteiger partial charge in [-0.2, -0.15) is 0 Å². The fourth-order valence-electron chi connectivity index (χ4n) is 4.18. The third-order valence-corrected chi connectivity index (χ3v) is 6.03. The number of guanidine groups is 1. The molecule has 1 aromatic carbocycles. The number of nitrogens with zero attached hydrogens (tertiary/aromatic N) is 4. The van der Waals surface area contributed by atoms with E-state index in [-0.39, 0.29) is 11.4 Å². The Labute approximate surface area is 197 Å². The molecule has 0 aliphatic carbocycles. The van der Waals surface area contributed by atoms with E-state index in [1.165, 1.54) is 12.1 Å². The molecule has 2 aliphatic rings. The van der Waals surface area contributed by atoms with E-state index in [1.807, 2.05) is 39.0 Å². The molecule has 0 amide bonds. The van der Waals surface area contributed by atoms with Crippen molar-refractivity contribution in [1.29, 1.82) is 0 Å². The summed E-state index contributed by atoms with van der Waals surface area (Å²) in [6, 6.07) is 6.53. The van der Waals surface area contributed by atoms with E-state index in [1.54, 1.807) is 12.1 Å². The Morgan fingerprint density at radius 2 is 1.88 bits per heavy atom. The number of aliphatic imine (C=N–C) groups is 2. The van der Waals surface area contributed by atoms with Crippen molar-refractivity contribution in [3.63, 3.8) is 0 Å². The van der Waals surface area contributed by atoms with Crippen LogP contribution < -0.4 is 0 Å². The largest absolute Gasteiger partial charge is 0.312 e. The summed E-state index contributed by atoms with van der Waals surface area (Å²) in [6.07, 6.45) is 7.97. The molecule has 2 heterocycles. The molecule has 0 N–H and O–H groups in total. The van der Waals surface area contributed by atoms with E-state index in [4.69, 9.17) is 9.98 Å². The highest BCUT2D eigenvalue weighted by molar-refractivity contribution is 6.02. The first-order chi connectivity index (χ1) is 15.6. The van der Waals surface area contributed by atoms with Crippen molar-refractivity contribution in [2.24, 2.45) is 9.98 Å². The second-order valence-corrected chi connectivity index (χ2v) is 9.04. The highest BCUT2D eigenvalue weighted by Gasteiger charge is 2.40. The minimum atomic E-state index is -0.233. The first-order valence-electron chi connectivity index (χ1n) is 11.5. The van der Waals surface area contributed by atoms with Gasteiger partial charge >= 0.3 is 0 Å². The molecule has 0 aromatic heterocycles. The van der Waals surface area contributed by atoms with Crippen LogP contribution in [0.1, 0.15) is 54.0 Å². The van der Waals surface area contributed by atoms with Gasteiger partial charge in [0.2, 0.25) is 5.96 Å². The van der Waals surface area contributed by atoms with Crippen LogP contribution in [0.2, 0.25) is 0 Å². The van der Waals surface area contributed by atoms with E-state index in [0.29, 0.717) is 0 Å². The Morgan fingerprint density at radius 1 is 1.21 bits per heavy atom. The Kier molecular flexibility index (Phi) is 7.21. The first-order valence-corrected chi connectivity index (χ1v) is 11.5. The zero-order valence-electron chi connectivity index (χ0n) is 20.9. The van der Waals surface area contributed by atoms with Crippen molar-refractivity contribution in [3.8, 4) is 0 Å². The average molecular weight is 447 g/mol. The van der Waals surface area contributed by atoms with Crippen LogP contribution in [0.25, 0.3) is 5.57 Å². The molecular formula is C28H35FN4. The van der Waals surface area contributed by atoms with Gasteiger partial charge in [0.05, 0.1) is 17.8 Å². The van der Waals surface area contributed by atoms with Gasteiger partial charge in [-0.3, -0.25) is 0 Å². The van der Waals surface area contributed by atoms with Gasteiger partial charge in [-0.25, -0.2) is 14.4 Å². The Bertz CT molecular complexity index is 1110. The fraction of sp³-hybridized carbons (Fsp3) is 0.357. The highest BCUT2D eigenvalue weighted by Crippen LogP contribution is 2.36. The standard InChI is InChI=1S/C28H35FN4/c1-9-22(13-12-19(4)23-14-16-24(29)17-15-23)20(5)30-26-21(6)33-18-28(7,8)31-27(33)32(11-3)25(26)10-2/h9-10,12-17H,1,11,18H2,2-8H3/b19-12+,22-13+,25-10?,30-20?. The van der Waals surface area contributed by atoms with Crippen molar-refractivity contribution in [2.45, 2.75) is 54.0 Å². The fourth-order valence-corrected chi connectivity index (χ4v) is 4.18. The molecule has 33 heavy (non-hydrogen) atoms. The van der Waals surface area contributed by atoms with Gasteiger partial charge in [0.25, 0.3) is 0 Å². The second kappa shape index (κ2) is 9.74. The first kappa shape index (κ1) is 24.4. The van der Waals surface area contributed by atoms with Crippen molar-refractivity contribution >= 4 is 17.2 Å². The highest BCUT2D eigenvalue weighted by atomic mass is 19.1. The average Bonchev–Trinajstić information content (AvgIpc) is 3.11. The van der Waals surface area contributed by atoms with E-state index in [9.17, 15) is 4.39 Å². The lowest BCUT2D eigenvalue weighted by atomic mass is 10.0. The summed E-state index contributed by atoms with van der Waals surface area (Å²) in [4.78, 5) is 14.6. The number of benzene rings is 1. The zero-order valence-corrected chi connectivity index (χ0v) is 20.9. The van der Waals surface area contributed by atoms with Crippen LogP contribution in [-0.2, 0) is 0 Å². The predicted molar refractivity (Wildman–Crippen MR) is 138 cm³/mol. The van der Waals surface area contributed by atoms with Crippen LogP contribution in [-0.4, -0.2) is 40.1 Å². The lowest BCUT2D eigenvalue weighted by Gasteiger charge is -2.38. The molecule has 0 saturated carbocycles. The van der Waals surface area contributed by atoms with Crippen LogP contribution in [0.5, 0.6) is 0 Å². The molecule has 2 aliphatic heterocycles. The number of hydrogen-bond donors (Lipinski definition) is 0. The third kappa shape index (κ3) is 5.08. The summed E-state index contributed by atoms with van der Waals surface area (Å²) in [7, 11) is 0. The van der Waals surface area contributed by atoms with E-state index in [0.717, 1.165) is 58.6 Å². The van der Waals surface area contributed by atoms with Crippen molar-refractivity contribution < 1.29 is 4.39 Å². The molecule has 3 rings (SSSR count). The number of rotatable bonds is 6. The van der Waals surface area contributed by atoms with Crippen LogP contribution in [0.4, 0.5) is 4.39 Å². The molecule has 4 nitrogen and oxygen atoms in total. The second-order valence-electron chi connectivity index (χ2n) is 9.04. The molecule has 5 heteroatoms. The molecule has 0 saturated heterocycles. The van der Waals surface area contributed by atoms with Crippen molar-refractivity contribution in [1.82, 2.24) is 9.80 Å². The molecule has 0 spiro atoms. The molecule has 0 bridgehead atoms. The van der Waals surface area contributed by atoms with E-state index < -0.39 is 0 Å².